The van der Waals surface area contributed by atoms with Crippen molar-refractivity contribution < 1.29 is 4.74 Å². The summed E-state index contributed by atoms with van der Waals surface area (Å²) in [6, 6.07) is 17.7. The molecule has 0 aliphatic heterocycles. The zero-order chi connectivity index (χ0) is 14.7. The lowest BCUT2D eigenvalue weighted by Gasteiger charge is -2.15. The van der Waals surface area contributed by atoms with E-state index in [0.29, 0.717) is 6.04 Å². The average molecular weight is 281 g/mol. The van der Waals surface area contributed by atoms with Crippen LogP contribution in [-0.2, 0) is 6.54 Å². The Morgan fingerprint density at radius 3 is 2.29 bits per heavy atom. The van der Waals surface area contributed by atoms with Crippen molar-refractivity contribution >= 4 is 0 Å². The zero-order valence-corrected chi connectivity index (χ0v) is 12.8. The highest BCUT2D eigenvalue weighted by molar-refractivity contribution is 5.30. The van der Waals surface area contributed by atoms with E-state index in [4.69, 9.17) is 4.74 Å². The van der Waals surface area contributed by atoms with E-state index in [1.54, 1.807) is 7.11 Å². The molecule has 1 N–H and O–H groups in total. The van der Waals surface area contributed by atoms with E-state index < -0.39 is 0 Å². The zero-order valence-electron chi connectivity index (χ0n) is 12.8. The van der Waals surface area contributed by atoms with Gasteiger partial charge in [-0.3, -0.25) is 0 Å². The van der Waals surface area contributed by atoms with Gasteiger partial charge in [0, 0.05) is 12.6 Å². The van der Waals surface area contributed by atoms with Crippen molar-refractivity contribution in [1.29, 1.82) is 0 Å². The highest BCUT2D eigenvalue weighted by Gasteiger charge is 2.22. The van der Waals surface area contributed by atoms with Gasteiger partial charge in [-0.05, 0) is 54.5 Å². The number of rotatable bonds is 6. The lowest BCUT2D eigenvalue weighted by Crippen LogP contribution is -2.18. The van der Waals surface area contributed by atoms with Crippen molar-refractivity contribution in [3.8, 4) is 5.75 Å². The molecule has 0 radical (unpaired) electrons. The summed E-state index contributed by atoms with van der Waals surface area (Å²) in [5.74, 6) is 1.74. The van der Waals surface area contributed by atoms with Crippen LogP contribution in [0, 0.1) is 0 Å². The van der Waals surface area contributed by atoms with Crippen LogP contribution in [-0.4, -0.2) is 7.11 Å². The van der Waals surface area contributed by atoms with E-state index >= 15 is 0 Å². The minimum atomic E-state index is 0.332. The van der Waals surface area contributed by atoms with Crippen molar-refractivity contribution in [2.24, 2.45) is 0 Å². The molecule has 1 aliphatic rings. The van der Waals surface area contributed by atoms with E-state index in [0.717, 1.165) is 18.2 Å². The Hall–Kier alpha value is -1.80. The third kappa shape index (κ3) is 3.64. The highest BCUT2D eigenvalue weighted by Crippen LogP contribution is 2.39. The largest absolute Gasteiger partial charge is 0.497 e. The molecule has 2 aromatic rings. The molecule has 2 aromatic carbocycles. The third-order valence-electron chi connectivity index (χ3n) is 4.26. The molecule has 110 valence electrons. The van der Waals surface area contributed by atoms with Gasteiger partial charge in [-0.15, -0.1) is 0 Å². The molecular weight excluding hydrogens is 258 g/mol. The number of ether oxygens (including phenoxy) is 1. The van der Waals surface area contributed by atoms with E-state index in [2.05, 4.69) is 48.6 Å². The van der Waals surface area contributed by atoms with E-state index in [-0.39, 0.29) is 0 Å². The van der Waals surface area contributed by atoms with Gasteiger partial charge in [-0.1, -0.05) is 36.4 Å². The van der Waals surface area contributed by atoms with Crippen molar-refractivity contribution in [1.82, 2.24) is 5.32 Å². The highest BCUT2D eigenvalue weighted by atomic mass is 16.5. The molecule has 0 unspecified atom stereocenters. The Morgan fingerprint density at radius 1 is 1.05 bits per heavy atom. The van der Waals surface area contributed by atoms with Gasteiger partial charge in [-0.25, -0.2) is 0 Å². The second-order valence-electron chi connectivity index (χ2n) is 5.89. The second kappa shape index (κ2) is 6.31. The molecular formula is C19H23NO. The van der Waals surface area contributed by atoms with Gasteiger partial charge in [0.1, 0.15) is 5.75 Å². The van der Waals surface area contributed by atoms with Gasteiger partial charge in [0.05, 0.1) is 7.11 Å². The van der Waals surface area contributed by atoms with Crippen molar-refractivity contribution in [3.63, 3.8) is 0 Å². The third-order valence-corrected chi connectivity index (χ3v) is 4.26. The van der Waals surface area contributed by atoms with Gasteiger partial charge in [0.2, 0.25) is 0 Å². The first-order chi connectivity index (χ1) is 10.3. The summed E-state index contributed by atoms with van der Waals surface area (Å²) >= 11 is 0. The summed E-state index contributed by atoms with van der Waals surface area (Å²) in [6.07, 6.45) is 2.73. The molecule has 1 atom stereocenters. The fourth-order valence-electron chi connectivity index (χ4n) is 2.61. The lowest BCUT2D eigenvalue weighted by atomic mass is 10.1. The second-order valence-corrected chi connectivity index (χ2v) is 5.89. The normalized spacial score (nSPS) is 15.7. The van der Waals surface area contributed by atoms with Crippen molar-refractivity contribution in [2.45, 2.75) is 38.3 Å². The van der Waals surface area contributed by atoms with Crippen LogP contribution in [0.1, 0.15) is 48.4 Å². The summed E-state index contributed by atoms with van der Waals surface area (Å²) in [4.78, 5) is 0. The van der Waals surface area contributed by atoms with Gasteiger partial charge in [0.15, 0.2) is 0 Å². The fourth-order valence-corrected chi connectivity index (χ4v) is 2.61. The molecule has 3 rings (SSSR count). The van der Waals surface area contributed by atoms with Crippen LogP contribution in [0.25, 0.3) is 0 Å². The van der Waals surface area contributed by atoms with Crippen molar-refractivity contribution in [3.05, 3.63) is 65.2 Å². The summed E-state index contributed by atoms with van der Waals surface area (Å²) in [5, 5.41) is 3.58. The Kier molecular flexibility index (Phi) is 4.26. The smallest absolute Gasteiger partial charge is 0.118 e. The fraction of sp³-hybridized carbons (Fsp3) is 0.368. The topological polar surface area (TPSA) is 21.3 Å². The minimum absolute atomic E-state index is 0.332. The first-order valence-electron chi connectivity index (χ1n) is 7.72. The molecule has 0 bridgehead atoms. The Bertz CT molecular complexity index is 570. The first kappa shape index (κ1) is 14.2. The predicted molar refractivity (Wildman–Crippen MR) is 86.7 cm³/mol. The maximum atomic E-state index is 5.19. The maximum absolute atomic E-state index is 5.19. The van der Waals surface area contributed by atoms with Crippen LogP contribution in [0.2, 0.25) is 0 Å². The number of methoxy groups -OCH3 is 1. The Balaban J connectivity index is 1.55. The first-order valence-corrected chi connectivity index (χ1v) is 7.72. The van der Waals surface area contributed by atoms with Crippen LogP contribution < -0.4 is 10.1 Å². The van der Waals surface area contributed by atoms with Crippen LogP contribution in [0.3, 0.4) is 0 Å². The molecule has 21 heavy (non-hydrogen) atoms. The van der Waals surface area contributed by atoms with E-state index in [1.807, 2.05) is 12.1 Å². The number of hydrogen-bond acceptors (Lipinski definition) is 2. The molecule has 0 amide bonds. The molecule has 0 aromatic heterocycles. The van der Waals surface area contributed by atoms with Gasteiger partial charge in [-0.2, -0.15) is 0 Å². The van der Waals surface area contributed by atoms with Gasteiger partial charge in [0.25, 0.3) is 0 Å². The van der Waals surface area contributed by atoms with Crippen LogP contribution in [0.4, 0.5) is 0 Å². The number of benzene rings is 2. The summed E-state index contributed by atoms with van der Waals surface area (Å²) in [5.41, 5.74) is 4.13. The standard InChI is InChI=1S/C19H23NO/c1-14(16-9-11-19(21-2)12-10-16)20-13-15-3-5-17(6-4-15)18-7-8-18/h3-6,9-12,14,18,20H,7-8,13H2,1-2H3/t14-/m0/s1. The van der Waals surface area contributed by atoms with Crippen LogP contribution >= 0.6 is 0 Å². The van der Waals surface area contributed by atoms with Crippen molar-refractivity contribution in [2.75, 3.05) is 7.11 Å². The molecule has 1 aliphatic carbocycles. The summed E-state index contributed by atoms with van der Waals surface area (Å²) in [6.45, 7) is 3.10. The molecule has 2 heteroatoms. The SMILES string of the molecule is COc1ccc([C@H](C)NCc2ccc(C3CC3)cc2)cc1. The van der Waals surface area contributed by atoms with Crippen LogP contribution in [0.5, 0.6) is 5.75 Å². The maximum Gasteiger partial charge on any atom is 0.118 e. The van der Waals surface area contributed by atoms with E-state index in [9.17, 15) is 0 Å². The molecule has 1 fully saturated rings. The Morgan fingerprint density at radius 2 is 1.71 bits per heavy atom. The number of hydrogen-bond donors (Lipinski definition) is 1. The number of nitrogens with one attached hydrogen (secondary N) is 1. The van der Waals surface area contributed by atoms with Crippen LogP contribution in [0.15, 0.2) is 48.5 Å². The Labute approximate surface area is 127 Å². The average Bonchev–Trinajstić information content (AvgIpc) is 3.38. The quantitative estimate of drug-likeness (QED) is 0.846. The summed E-state index contributed by atoms with van der Waals surface area (Å²) in [7, 11) is 1.70. The molecule has 2 nitrogen and oxygen atoms in total. The van der Waals surface area contributed by atoms with Gasteiger partial charge >= 0.3 is 0 Å². The lowest BCUT2D eigenvalue weighted by molar-refractivity contribution is 0.414. The molecule has 0 spiro atoms. The molecule has 0 saturated heterocycles. The monoisotopic (exact) mass is 281 g/mol. The molecule has 1 saturated carbocycles. The van der Waals surface area contributed by atoms with E-state index in [1.165, 1.54) is 29.5 Å². The summed E-state index contributed by atoms with van der Waals surface area (Å²) < 4.78 is 5.19. The molecule has 0 heterocycles. The predicted octanol–water partition coefficient (Wildman–Crippen LogP) is 4.42. The van der Waals surface area contributed by atoms with Gasteiger partial charge < -0.3 is 10.1 Å². The minimum Gasteiger partial charge on any atom is -0.497 e.